The minimum absolute atomic E-state index is 0.0255. The van der Waals surface area contributed by atoms with E-state index in [9.17, 15) is 22.0 Å². The smallest absolute Gasteiger partial charge is 0.219 e. The molecule has 0 bridgehead atoms. The molecular formula is C30H11BrClF11. The Morgan fingerprint density at radius 2 is 1.19 bits per heavy atom. The van der Waals surface area contributed by atoms with Crippen LogP contribution in [-0.2, 0) is 5.41 Å². The Balaban J connectivity index is 2.07. The lowest BCUT2D eigenvalue weighted by Gasteiger charge is -2.46. The van der Waals surface area contributed by atoms with Gasteiger partial charge in [-0.1, -0.05) is 45.7 Å². The summed E-state index contributed by atoms with van der Waals surface area (Å²) in [5.74, 6) is -18.6. The highest BCUT2D eigenvalue weighted by atomic mass is 79.9. The second-order valence-electron chi connectivity index (χ2n) is 9.30. The number of rotatable bonds is 4. The van der Waals surface area contributed by atoms with Crippen molar-refractivity contribution in [3.8, 4) is 0 Å². The molecule has 0 nitrogen and oxygen atoms in total. The molecule has 13 heteroatoms. The Kier molecular flexibility index (Phi) is 7.75. The lowest BCUT2D eigenvalue weighted by atomic mass is 9.62. The van der Waals surface area contributed by atoms with E-state index in [1.807, 2.05) is 0 Å². The lowest BCUT2D eigenvalue weighted by molar-refractivity contribution is 0.223. The third kappa shape index (κ3) is 4.57. The molecule has 222 valence electrons. The third-order valence-corrected chi connectivity index (χ3v) is 7.93. The first-order chi connectivity index (χ1) is 20.1. The van der Waals surface area contributed by atoms with Crippen molar-refractivity contribution in [2.75, 3.05) is 0 Å². The summed E-state index contributed by atoms with van der Waals surface area (Å²) in [6.07, 6.45) is 0. The second-order valence-corrected chi connectivity index (χ2v) is 10.7. The SMILES string of the molecule is FC1=C(c2ccc(F)c(F)c2F)C(F)(Cl)C(c2ccc(F)cc2)(c2cc(F)c(F)cc2F)C(F)=C1c1ccc(Br)cc1F. The van der Waals surface area contributed by atoms with E-state index >= 15 is 26.3 Å². The third-order valence-electron chi connectivity index (χ3n) is 6.97. The molecule has 0 radical (unpaired) electrons. The molecule has 0 heterocycles. The molecule has 0 saturated carbocycles. The van der Waals surface area contributed by atoms with E-state index in [2.05, 4.69) is 15.9 Å². The zero-order valence-corrected chi connectivity index (χ0v) is 23.1. The summed E-state index contributed by atoms with van der Waals surface area (Å²) in [4.78, 5) is 0. The fourth-order valence-electron chi connectivity index (χ4n) is 5.07. The molecule has 2 unspecified atom stereocenters. The molecule has 0 spiro atoms. The Hall–Kier alpha value is -3.64. The van der Waals surface area contributed by atoms with Crippen molar-refractivity contribution in [1.29, 1.82) is 0 Å². The van der Waals surface area contributed by atoms with Gasteiger partial charge in [-0.3, -0.25) is 0 Å². The first kappa shape index (κ1) is 30.8. The summed E-state index contributed by atoms with van der Waals surface area (Å²) in [7, 11) is 0. The standard InChI is InChI=1S/C30H11BrClF11/c31-13-3-6-15(19(35)9-13)23-27(41)24(16-7-8-18(34)26(40)25(16)39)30(32,43)29(28(23)42,12-1-4-14(33)5-2-12)17-10-21(37)22(38)11-20(17)36/h1-11H. The second kappa shape index (κ2) is 10.8. The van der Waals surface area contributed by atoms with Crippen LogP contribution in [0.2, 0.25) is 0 Å². The Morgan fingerprint density at radius 1 is 0.581 bits per heavy atom. The zero-order chi connectivity index (χ0) is 31.6. The molecule has 1 aliphatic rings. The maximum Gasteiger partial charge on any atom is 0.232 e. The van der Waals surface area contributed by atoms with Crippen LogP contribution in [0.4, 0.5) is 48.3 Å². The fraction of sp³-hybridized carbons (Fsp3) is 0.0667. The van der Waals surface area contributed by atoms with Gasteiger partial charge in [0.2, 0.25) is 5.13 Å². The molecule has 5 rings (SSSR count). The average Bonchev–Trinajstić information content (AvgIpc) is 2.93. The highest BCUT2D eigenvalue weighted by molar-refractivity contribution is 9.10. The number of benzene rings is 4. The predicted octanol–water partition coefficient (Wildman–Crippen LogP) is 10.5. The quantitative estimate of drug-likeness (QED) is 0.0863. The average molecular weight is 696 g/mol. The minimum Gasteiger partial charge on any atom is -0.219 e. The van der Waals surface area contributed by atoms with Crippen LogP contribution in [0.1, 0.15) is 22.3 Å². The van der Waals surface area contributed by atoms with Crippen molar-refractivity contribution >= 4 is 38.7 Å². The number of allylic oxidation sites excluding steroid dienone is 4. The van der Waals surface area contributed by atoms with Gasteiger partial charge in [0, 0.05) is 27.2 Å². The fourth-order valence-corrected chi connectivity index (χ4v) is 5.88. The van der Waals surface area contributed by atoms with Gasteiger partial charge >= 0.3 is 0 Å². The molecule has 43 heavy (non-hydrogen) atoms. The van der Waals surface area contributed by atoms with Gasteiger partial charge in [0.25, 0.3) is 0 Å². The van der Waals surface area contributed by atoms with Crippen molar-refractivity contribution in [2.24, 2.45) is 0 Å². The largest absolute Gasteiger partial charge is 0.232 e. The Bertz CT molecular complexity index is 1870. The van der Waals surface area contributed by atoms with Gasteiger partial charge in [-0.25, -0.2) is 48.3 Å². The number of hydrogen-bond donors (Lipinski definition) is 0. The van der Waals surface area contributed by atoms with Crippen molar-refractivity contribution in [2.45, 2.75) is 10.5 Å². The van der Waals surface area contributed by atoms with Gasteiger partial charge in [0.1, 0.15) is 34.5 Å². The summed E-state index contributed by atoms with van der Waals surface area (Å²) in [5.41, 5.74) is -11.8. The number of halogens is 13. The van der Waals surface area contributed by atoms with E-state index in [0.717, 1.165) is 18.2 Å². The Morgan fingerprint density at radius 3 is 1.81 bits per heavy atom. The number of alkyl halides is 2. The van der Waals surface area contributed by atoms with E-state index in [1.165, 1.54) is 0 Å². The van der Waals surface area contributed by atoms with Crippen LogP contribution in [0.3, 0.4) is 0 Å². The number of hydrogen-bond acceptors (Lipinski definition) is 0. The van der Waals surface area contributed by atoms with E-state index in [0.29, 0.717) is 30.3 Å². The van der Waals surface area contributed by atoms with Crippen LogP contribution in [-0.4, -0.2) is 5.13 Å². The van der Waals surface area contributed by atoms with Gasteiger partial charge in [-0.15, -0.1) is 0 Å². The molecule has 0 saturated heterocycles. The molecule has 0 N–H and O–H groups in total. The highest BCUT2D eigenvalue weighted by Crippen LogP contribution is 2.64. The summed E-state index contributed by atoms with van der Waals surface area (Å²) in [6.45, 7) is 0. The van der Waals surface area contributed by atoms with Crippen molar-refractivity contribution < 1.29 is 48.3 Å². The maximum absolute atomic E-state index is 17.4. The first-order valence-corrected chi connectivity index (χ1v) is 13.0. The van der Waals surface area contributed by atoms with E-state index in [1.54, 1.807) is 0 Å². The summed E-state index contributed by atoms with van der Waals surface area (Å²) < 4.78 is 168. The highest BCUT2D eigenvalue weighted by Gasteiger charge is 2.65. The van der Waals surface area contributed by atoms with Crippen LogP contribution in [0, 0.1) is 46.5 Å². The molecule has 2 atom stereocenters. The molecule has 4 aromatic rings. The first-order valence-electron chi connectivity index (χ1n) is 11.8. The van der Waals surface area contributed by atoms with Crippen LogP contribution < -0.4 is 0 Å². The molecular weight excluding hydrogens is 685 g/mol. The normalized spacial score (nSPS) is 20.7. The minimum atomic E-state index is -4.36. The molecule has 0 amide bonds. The summed E-state index contributed by atoms with van der Waals surface area (Å²) >= 11 is 9.18. The monoisotopic (exact) mass is 694 g/mol. The van der Waals surface area contributed by atoms with Crippen LogP contribution in [0.25, 0.3) is 11.1 Å². The molecule has 1 aliphatic carbocycles. The van der Waals surface area contributed by atoms with E-state index < -0.39 is 102 Å². The lowest BCUT2D eigenvalue weighted by Crippen LogP contribution is -2.50. The molecule has 0 aliphatic heterocycles. The molecule has 0 aromatic heterocycles. The topological polar surface area (TPSA) is 0 Å². The van der Waals surface area contributed by atoms with Crippen molar-refractivity contribution in [3.05, 3.63) is 152 Å². The zero-order valence-electron chi connectivity index (χ0n) is 20.8. The molecule has 4 aromatic carbocycles. The van der Waals surface area contributed by atoms with Gasteiger partial charge in [0.15, 0.2) is 29.1 Å². The summed E-state index contributed by atoms with van der Waals surface area (Å²) in [6, 6.07) is 5.46. The molecule has 0 fully saturated rings. The van der Waals surface area contributed by atoms with E-state index in [4.69, 9.17) is 11.6 Å². The van der Waals surface area contributed by atoms with Crippen molar-refractivity contribution in [3.63, 3.8) is 0 Å². The van der Waals surface area contributed by atoms with E-state index in [-0.39, 0.29) is 22.7 Å². The van der Waals surface area contributed by atoms with Crippen LogP contribution in [0.5, 0.6) is 0 Å². The van der Waals surface area contributed by atoms with Gasteiger partial charge in [-0.2, -0.15) is 0 Å². The van der Waals surface area contributed by atoms with Gasteiger partial charge in [0.05, 0.1) is 11.1 Å². The Labute approximate surface area is 248 Å². The maximum atomic E-state index is 17.4. The van der Waals surface area contributed by atoms with Crippen LogP contribution >= 0.6 is 27.5 Å². The van der Waals surface area contributed by atoms with Gasteiger partial charge < -0.3 is 0 Å². The predicted molar refractivity (Wildman–Crippen MR) is 140 cm³/mol. The summed E-state index contributed by atoms with van der Waals surface area (Å²) in [5, 5.41) is -4.36. The van der Waals surface area contributed by atoms with Crippen molar-refractivity contribution in [1.82, 2.24) is 0 Å². The van der Waals surface area contributed by atoms with Gasteiger partial charge in [-0.05, 0) is 48.0 Å². The van der Waals surface area contributed by atoms with Crippen LogP contribution in [0.15, 0.2) is 82.9 Å².